The van der Waals surface area contributed by atoms with E-state index < -0.39 is 46.1 Å². The SMILES string of the molecule is Cc1c(-c2ccc(N3CCc4cc(CCCN(C)C(=O)OCc5ccccc5C(CNC(N)=O)C[C@H](N)C(N)=O)cc(C(=O)Nc5nc6ccccc6s5)c4C3)nc2C(=O)O)cnn1CC12CC3(C)CC(C)(C1)CC(OCCNCCS(=O)(=O)O)(C3)C2. The normalized spacial score (nSPS) is 21.9. The minimum absolute atomic E-state index is 0.0591. The number of para-hydroxylation sites is 1. The zero-order valence-electron chi connectivity index (χ0n) is 49.6. The molecule has 4 fully saturated rings. The minimum Gasteiger partial charge on any atom is -0.476 e. The maximum absolute atomic E-state index is 14.5. The van der Waals surface area contributed by atoms with Gasteiger partial charge in [0.2, 0.25) is 5.91 Å². The molecule has 0 spiro atoms. The quantitative estimate of drug-likeness (QED) is 0.0197. The number of aromatic carboxylic acids is 1. The summed E-state index contributed by atoms with van der Waals surface area (Å²) in [5, 5.41) is 24.9. The van der Waals surface area contributed by atoms with Crippen molar-refractivity contribution in [3.05, 3.63) is 124 Å². The molecular weight excluding hydrogens is 1150 g/mol. The Balaban J connectivity index is 0.833. The van der Waals surface area contributed by atoms with Gasteiger partial charge in [0.05, 0.1) is 40.4 Å². The fourth-order valence-electron chi connectivity index (χ4n) is 15.3. The molecule has 25 heteroatoms. The number of carbonyl (C=O) groups excluding carboxylic acids is 4. The highest BCUT2D eigenvalue weighted by Gasteiger charge is 2.66. The molecule has 87 heavy (non-hydrogen) atoms. The summed E-state index contributed by atoms with van der Waals surface area (Å²) in [6.07, 6.45) is 8.76. The predicted molar refractivity (Wildman–Crippen MR) is 330 cm³/mol. The number of urea groups is 1. The number of rotatable bonds is 26. The number of pyridine rings is 1. The van der Waals surface area contributed by atoms with E-state index in [4.69, 9.17) is 41.3 Å². The first kappa shape index (κ1) is 62.5. The number of nitrogens with two attached hydrogens (primary N) is 3. The molecule has 4 aliphatic carbocycles. The molecule has 1 aliphatic heterocycles. The van der Waals surface area contributed by atoms with E-state index in [2.05, 4.69) is 40.8 Å². The van der Waals surface area contributed by atoms with Crippen LogP contribution in [-0.2, 0) is 56.9 Å². The standard InChI is InChI=1S/C62H78N12O11S2/c1-38-46(28-68-74(38)37-61-32-59(2)31-60(3,33-61)35-62(34-59,36-61)85-22-18-66-19-23-87(81,82)83)44-15-16-51(70-52(44)55(77)78)73-21-17-40-24-39(25-45(47(40)29-73)54(76)71-57-69-49-13-7-8-14-50(49)86-57)10-9-20-72(4)58(80)84-30-41-11-5-6-12-43(41)42(27-67-56(65)79)26-48(63)53(64)75/h5-8,11-16,24-25,28,42,48,66H,9-10,17-23,26-27,29-37,63H2,1-4H3,(H2,64,75)(H,77,78)(H3,65,67,79)(H,69,71,76)(H,81,82,83)/t42?,48-,59?,60?,61?,62?/m0/s1. The predicted octanol–water partition coefficient (Wildman–Crippen LogP) is 7.15. The molecule has 5 amide bonds. The number of ether oxygens (including phenoxy) is 2. The molecule has 3 unspecified atom stereocenters. The average Bonchev–Trinajstić information content (AvgIpc) is 0.759. The van der Waals surface area contributed by atoms with Crippen molar-refractivity contribution in [2.45, 2.75) is 122 Å². The van der Waals surface area contributed by atoms with Gasteiger partial charge in [0.15, 0.2) is 10.8 Å². The number of aryl methyl sites for hydroxylation is 1. The number of hydrogen-bond donors (Lipinski definition) is 8. The minimum atomic E-state index is -4.06. The van der Waals surface area contributed by atoms with Crippen molar-refractivity contribution < 1.29 is 51.5 Å². The van der Waals surface area contributed by atoms with Crippen molar-refractivity contribution in [2.75, 3.05) is 62.3 Å². The largest absolute Gasteiger partial charge is 0.476 e. The van der Waals surface area contributed by atoms with Crippen LogP contribution in [0.4, 0.5) is 20.5 Å². The third kappa shape index (κ3) is 14.6. The van der Waals surface area contributed by atoms with Crippen LogP contribution in [0.15, 0.2) is 79.0 Å². The van der Waals surface area contributed by atoms with E-state index in [-0.39, 0.29) is 71.9 Å². The van der Waals surface area contributed by atoms with Crippen LogP contribution in [0.25, 0.3) is 21.3 Å². The van der Waals surface area contributed by atoms with Crippen molar-refractivity contribution >= 4 is 72.5 Å². The lowest BCUT2D eigenvalue weighted by Crippen LogP contribution is -2.64. The van der Waals surface area contributed by atoms with Crippen molar-refractivity contribution in [2.24, 2.45) is 33.4 Å². The smallest absolute Gasteiger partial charge is 0.409 e. The molecule has 4 saturated carbocycles. The van der Waals surface area contributed by atoms with Gasteiger partial charge in [-0.1, -0.05) is 67.6 Å². The zero-order chi connectivity index (χ0) is 62.1. The average molecular weight is 1230 g/mol. The summed E-state index contributed by atoms with van der Waals surface area (Å²) in [5.41, 5.74) is 23.6. The molecule has 0 radical (unpaired) electrons. The van der Waals surface area contributed by atoms with Crippen LogP contribution in [0.1, 0.15) is 125 Å². The maximum atomic E-state index is 14.5. The number of carbonyl (C=O) groups is 5. The Labute approximate surface area is 509 Å². The maximum Gasteiger partial charge on any atom is 0.409 e. The molecule has 4 heterocycles. The summed E-state index contributed by atoms with van der Waals surface area (Å²) < 4.78 is 47.1. The van der Waals surface area contributed by atoms with Gasteiger partial charge in [0.25, 0.3) is 16.0 Å². The summed E-state index contributed by atoms with van der Waals surface area (Å²) in [6.45, 7) is 9.45. The molecule has 464 valence electrons. The van der Waals surface area contributed by atoms with Gasteiger partial charge in [-0.3, -0.25) is 24.1 Å². The highest BCUT2D eigenvalue weighted by atomic mass is 32.2. The lowest BCUT2D eigenvalue weighted by Gasteiger charge is -2.69. The Bertz CT molecular complexity index is 3670. The fourth-order valence-corrected chi connectivity index (χ4v) is 16.5. The first-order chi connectivity index (χ1) is 41.3. The zero-order valence-corrected chi connectivity index (χ0v) is 51.2. The Hall–Kier alpha value is -7.55. The van der Waals surface area contributed by atoms with E-state index in [1.165, 1.54) is 16.2 Å². The number of carboxylic acid groups (broad SMARTS) is 1. The number of thiazole rings is 1. The number of nitrogens with one attached hydrogen (secondary N) is 3. The second kappa shape index (κ2) is 25.3. The van der Waals surface area contributed by atoms with Crippen LogP contribution in [0.5, 0.6) is 0 Å². The van der Waals surface area contributed by atoms with Crippen molar-refractivity contribution in [1.29, 1.82) is 0 Å². The van der Waals surface area contributed by atoms with E-state index >= 15 is 0 Å². The first-order valence-electron chi connectivity index (χ1n) is 29.5. The summed E-state index contributed by atoms with van der Waals surface area (Å²) in [6, 6.07) is 20.7. The monoisotopic (exact) mass is 1230 g/mol. The third-order valence-corrected chi connectivity index (χ3v) is 19.5. The van der Waals surface area contributed by atoms with Crippen LogP contribution in [0, 0.1) is 23.2 Å². The van der Waals surface area contributed by atoms with E-state index in [1.807, 2.05) is 59.0 Å². The first-order valence-corrected chi connectivity index (χ1v) is 31.9. The highest BCUT2D eigenvalue weighted by molar-refractivity contribution is 7.85. The number of fused-ring (bicyclic) bond motifs is 2. The number of aromatic nitrogens is 4. The van der Waals surface area contributed by atoms with Crippen molar-refractivity contribution in [3.8, 4) is 11.1 Å². The van der Waals surface area contributed by atoms with Gasteiger partial charge in [0.1, 0.15) is 12.4 Å². The second-order valence-corrected chi connectivity index (χ2v) is 27.9. The lowest BCUT2D eigenvalue weighted by molar-refractivity contribution is -0.247. The molecule has 3 aromatic carbocycles. The number of hydrogen-bond acceptors (Lipinski definition) is 16. The van der Waals surface area contributed by atoms with Crippen LogP contribution in [0.3, 0.4) is 0 Å². The van der Waals surface area contributed by atoms with Crippen LogP contribution in [0.2, 0.25) is 0 Å². The van der Waals surface area contributed by atoms with E-state index in [1.54, 1.807) is 37.5 Å². The van der Waals surface area contributed by atoms with Gasteiger partial charge < -0.3 is 52.2 Å². The van der Waals surface area contributed by atoms with Crippen LogP contribution >= 0.6 is 11.3 Å². The van der Waals surface area contributed by atoms with Gasteiger partial charge in [-0.25, -0.2) is 24.4 Å². The summed E-state index contributed by atoms with van der Waals surface area (Å²) in [4.78, 5) is 77.7. The molecule has 4 bridgehead atoms. The van der Waals surface area contributed by atoms with E-state index in [0.29, 0.717) is 90.8 Å². The molecule has 4 atom stereocenters. The molecule has 11 rings (SSSR count). The lowest BCUT2D eigenvalue weighted by atomic mass is 9.39. The van der Waals surface area contributed by atoms with Gasteiger partial charge in [-0.2, -0.15) is 13.5 Å². The molecular formula is C62H78N12O11S2. The Kier molecular flexibility index (Phi) is 18.2. The molecule has 11 N–H and O–H groups in total. The van der Waals surface area contributed by atoms with Gasteiger partial charge >= 0.3 is 18.1 Å². The van der Waals surface area contributed by atoms with E-state index in [0.717, 1.165) is 71.1 Å². The Morgan fingerprint density at radius 3 is 2.39 bits per heavy atom. The number of primary amides is 2. The van der Waals surface area contributed by atoms with Crippen LogP contribution < -0.4 is 38.1 Å². The molecule has 0 saturated heterocycles. The summed E-state index contributed by atoms with van der Waals surface area (Å²) in [5.74, 6) is -2.58. The van der Waals surface area contributed by atoms with Gasteiger partial charge in [-0.05, 0) is 146 Å². The van der Waals surface area contributed by atoms with Gasteiger partial charge in [-0.15, -0.1) is 0 Å². The molecule has 6 aromatic rings. The number of nitrogens with zero attached hydrogens (tertiary/aromatic N) is 6. The third-order valence-electron chi connectivity index (χ3n) is 17.9. The fraction of sp³-hybridized carbons (Fsp3) is 0.484. The molecule has 5 aliphatic rings. The Morgan fingerprint density at radius 2 is 1.67 bits per heavy atom. The number of carboxylic acids is 1. The second-order valence-electron chi connectivity index (χ2n) is 25.3. The Morgan fingerprint density at radius 1 is 0.920 bits per heavy atom. The summed E-state index contributed by atoms with van der Waals surface area (Å²) >= 11 is 1.37. The number of amides is 5. The van der Waals surface area contributed by atoms with Gasteiger partial charge in [0, 0.05) is 81.2 Å². The van der Waals surface area contributed by atoms with Crippen molar-refractivity contribution in [1.82, 2.24) is 35.3 Å². The summed E-state index contributed by atoms with van der Waals surface area (Å²) in [7, 11) is -2.41. The van der Waals surface area contributed by atoms with Crippen molar-refractivity contribution in [3.63, 3.8) is 0 Å². The topological polar surface area (TPSA) is 343 Å². The number of benzene rings is 3. The van der Waals surface area contributed by atoms with Crippen LogP contribution in [-0.4, -0.2) is 136 Å². The molecule has 23 nitrogen and oxygen atoms in total. The highest BCUT2D eigenvalue weighted by Crippen LogP contribution is 2.72. The number of anilines is 2. The molecule has 3 aromatic heterocycles. The van der Waals surface area contributed by atoms with E-state index in [9.17, 15) is 37.5 Å².